The summed E-state index contributed by atoms with van der Waals surface area (Å²) >= 11 is 3.15. The van der Waals surface area contributed by atoms with E-state index < -0.39 is 0 Å². The van der Waals surface area contributed by atoms with E-state index in [2.05, 4.69) is 15.3 Å². The lowest BCUT2D eigenvalue weighted by Gasteiger charge is -2.02. The number of nitrogens with zero attached hydrogens (tertiary/aromatic N) is 3. The molecule has 0 aliphatic heterocycles. The smallest absolute Gasteiger partial charge is 0.231 e. The molecule has 0 aliphatic rings. The third-order valence-electron chi connectivity index (χ3n) is 3.09. The van der Waals surface area contributed by atoms with Gasteiger partial charge in [-0.05, 0) is 12.1 Å². The van der Waals surface area contributed by atoms with Crippen LogP contribution in [0.5, 0.6) is 0 Å². The van der Waals surface area contributed by atoms with Gasteiger partial charge in [0, 0.05) is 36.3 Å². The van der Waals surface area contributed by atoms with Gasteiger partial charge in [0.25, 0.3) is 0 Å². The molecule has 3 rings (SSSR count). The van der Waals surface area contributed by atoms with Crippen molar-refractivity contribution in [2.75, 3.05) is 5.32 Å². The van der Waals surface area contributed by atoms with E-state index >= 15 is 0 Å². The van der Waals surface area contributed by atoms with Crippen LogP contribution in [0.1, 0.15) is 10.7 Å². The number of anilines is 1. The van der Waals surface area contributed by atoms with Gasteiger partial charge in [-0.1, -0.05) is 30.0 Å². The first-order chi connectivity index (χ1) is 11.2. The zero-order chi connectivity index (χ0) is 16.1. The van der Waals surface area contributed by atoms with Gasteiger partial charge in [-0.3, -0.25) is 4.79 Å². The lowest BCUT2D eigenvalue weighted by atomic mass is 10.3. The zero-order valence-electron chi connectivity index (χ0n) is 12.6. The van der Waals surface area contributed by atoms with Crippen molar-refractivity contribution in [1.29, 1.82) is 0 Å². The summed E-state index contributed by atoms with van der Waals surface area (Å²) in [5, 5.41) is 6.66. The van der Waals surface area contributed by atoms with Crippen LogP contribution >= 0.6 is 23.1 Å². The lowest BCUT2D eigenvalue weighted by Crippen LogP contribution is -2.14. The molecule has 0 saturated carbocycles. The highest BCUT2D eigenvalue weighted by Crippen LogP contribution is 2.22. The zero-order valence-corrected chi connectivity index (χ0v) is 14.2. The van der Waals surface area contributed by atoms with Crippen molar-refractivity contribution in [3.05, 3.63) is 58.8 Å². The fourth-order valence-electron chi connectivity index (χ4n) is 1.99. The van der Waals surface area contributed by atoms with Crippen molar-refractivity contribution in [3.8, 4) is 0 Å². The molecule has 118 valence electrons. The Morgan fingerprint density at radius 2 is 2.17 bits per heavy atom. The number of rotatable bonds is 6. The first-order valence-corrected chi connectivity index (χ1v) is 8.95. The molecule has 0 fully saturated rings. The third kappa shape index (κ3) is 4.43. The molecule has 0 spiro atoms. The molecular formula is C16H16N4OS2. The largest absolute Gasteiger partial charge is 0.329 e. The standard InChI is InChI=1S/C16H16N4OS2/c1-20-8-7-17-16(20)23-11-13-10-22-15(19-13)9-14(21)18-12-5-3-2-4-6-12/h2-8,10H,9,11H2,1H3,(H,18,21). The minimum absolute atomic E-state index is 0.0474. The van der Waals surface area contributed by atoms with E-state index in [-0.39, 0.29) is 5.91 Å². The highest BCUT2D eigenvalue weighted by Gasteiger charge is 2.09. The molecule has 7 heteroatoms. The Labute approximate surface area is 142 Å². The molecule has 0 aliphatic carbocycles. The van der Waals surface area contributed by atoms with E-state index in [1.54, 1.807) is 18.0 Å². The normalized spacial score (nSPS) is 10.7. The molecule has 0 bridgehead atoms. The Morgan fingerprint density at radius 3 is 2.91 bits per heavy atom. The van der Waals surface area contributed by atoms with Crippen LogP contribution in [0, 0.1) is 0 Å². The summed E-state index contributed by atoms with van der Waals surface area (Å²) in [7, 11) is 1.97. The van der Waals surface area contributed by atoms with Gasteiger partial charge in [-0.2, -0.15) is 0 Å². The molecular weight excluding hydrogens is 328 g/mol. The molecule has 1 amide bonds. The number of aromatic nitrogens is 3. The van der Waals surface area contributed by atoms with Gasteiger partial charge < -0.3 is 9.88 Å². The molecule has 5 nitrogen and oxygen atoms in total. The van der Waals surface area contributed by atoms with E-state index in [1.165, 1.54) is 11.3 Å². The monoisotopic (exact) mass is 344 g/mol. The van der Waals surface area contributed by atoms with Crippen molar-refractivity contribution in [1.82, 2.24) is 14.5 Å². The van der Waals surface area contributed by atoms with Crippen molar-refractivity contribution >= 4 is 34.7 Å². The molecule has 0 atom stereocenters. The number of carbonyl (C=O) groups excluding carboxylic acids is 1. The molecule has 1 N–H and O–H groups in total. The SMILES string of the molecule is Cn1ccnc1SCc1csc(CC(=O)Nc2ccccc2)n1. The molecule has 2 aromatic heterocycles. The third-order valence-corrected chi connectivity index (χ3v) is 5.08. The van der Waals surface area contributed by atoms with Crippen LogP contribution < -0.4 is 5.32 Å². The van der Waals surface area contributed by atoms with Gasteiger partial charge >= 0.3 is 0 Å². The molecule has 0 unspecified atom stereocenters. The number of thioether (sulfide) groups is 1. The summed E-state index contributed by atoms with van der Waals surface area (Å²) < 4.78 is 1.98. The second kappa shape index (κ2) is 7.43. The Hall–Kier alpha value is -2.12. The predicted molar refractivity (Wildman–Crippen MR) is 93.7 cm³/mol. The number of para-hydroxylation sites is 1. The van der Waals surface area contributed by atoms with Gasteiger partial charge in [-0.25, -0.2) is 9.97 Å². The fourth-order valence-corrected chi connectivity index (χ4v) is 3.71. The lowest BCUT2D eigenvalue weighted by molar-refractivity contribution is -0.115. The van der Waals surface area contributed by atoms with Crippen molar-refractivity contribution < 1.29 is 4.79 Å². The first kappa shape index (κ1) is 15.8. The van der Waals surface area contributed by atoms with Crippen LogP contribution in [0.15, 0.2) is 53.3 Å². The van der Waals surface area contributed by atoms with Gasteiger partial charge in [0.05, 0.1) is 12.1 Å². The topological polar surface area (TPSA) is 59.8 Å². The van der Waals surface area contributed by atoms with Crippen LogP contribution in [0.2, 0.25) is 0 Å². The van der Waals surface area contributed by atoms with Crippen molar-refractivity contribution in [2.24, 2.45) is 7.05 Å². The van der Waals surface area contributed by atoms with Crippen LogP contribution in [0.4, 0.5) is 5.69 Å². The number of benzene rings is 1. The Balaban J connectivity index is 1.53. The maximum absolute atomic E-state index is 12.0. The van der Waals surface area contributed by atoms with Crippen molar-refractivity contribution in [3.63, 3.8) is 0 Å². The van der Waals surface area contributed by atoms with Crippen LogP contribution in [-0.4, -0.2) is 20.4 Å². The Kier molecular flexibility index (Phi) is 5.09. The van der Waals surface area contributed by atoms with Gasteiger partial charge in [0.2, 0.25) is 5.91 Å². The Bertz CT molecular complexity index is 782. The maximum atomic E-state index is 12.0. The fraction of sp³-hybridized carbons (Fsp3) is 0.188. The number of imidazole rings is 1. The summed E-state index contributed by atoms with van der Waals surface area (Å²) in [4.78, 5) is 20.8. The van der Waals surface area contributed by atoms with Crippen LogP contribution in [0.3, 0.4) is 0 Å². The van der Waals surface area contributed by atoms with Gasteiger partial charge in [0.15, 0.2) is 5.16 Å². The summed E-state index contributed by atoms with van der Waals surface area (Å²) in [6.45, 7) is 0. The number of amides is 1. The number of thiazole rings is 1. The number of hydrogen-bond donors (Lipinski definition) is 1. The quantitative estimate of drug-likeness (QED) is 0.697. The second-order valence-corrected chi connectivity index (χ2v) is 6.82. The number of nitrogens with one attached hydrogen (secondary N) is 1. The number of hydrogen-bond acceptors (Lipinski definition) is 5. The summed E-state index contributed by atoms with van der Waals surface area (Å²) in [5.74, 6) is 0.704. The summed E-state index contributed by atoms with van der Waals surface area (Å²) in [5.41, 5.74) is 1.78. The maximum Gasteiger partial charge on any atom is 0.231 e. The van der Waals surface area contributed by atoms with Crippen molar-refractivity contribution in [2.45, 2.75) is 17.3 Å². The molecule has 0 saturated heterocycles. The predicted octanol–water partition coefficient (Wildman–Crippen LogP) is 3.35. The van der Waals surface area contributed by atoms with Crippen LogP contribution in [-0.2, 0) is 24.0 Å². The van der Waals surface area contributed by atoms with E-state index in [0.29, 0.717) is 6.42 Å². The van der Waals surface area contributed by atoms with E-state index in [0.717, 1.165) is 27.3 Å². The van der Waals surface area contributed by atoms with E-state index in [1.807, 2.05) is 53.5 Å². The average Bonchev–Trinajstić information content (AvgIpc) is 3.15. The summed E-state index contributed by atoms with van der Waals surface area (Å²) in [6.07, 6.45) is 4.00. The number of aryl methyl sites for hydroxylation is 1. The van der Waals surface area contributed by atoms with E-state index in [4.69, 9.17) is 0 Å². The molecule has 1 aromatic carbocycles. The molecule has 23 heavy (non-hydrogen) atoms. The molecule has 3 aromatic rings. The van der Waals surface area contributed by atoms with Crippen LogP contribution in [0.25, 0.3) is 0 Å². The minimum atomic E-state index is -0.0474. The minimum Gasteiger partial charge on any atom is -0.329 e. The highest BCUT2D eigenvalue weighted by atomic mass is 32.2. The van der Waals surface area contributed by atoms with E-state index in [9.17, 15) is 4.79 Å². The summed E-state index contributed by atoms with van der Waals surface area (Å²) in [6, 6.07) is 9.45. The Morgan fingerprint density at radius 1 is 1.35 bits per heavy atom. The van der Waals surface area contributed by atoms with Gasteiger partial charge in [-0.15, -0.1) is 11.3 Å². The second-order valence-electron chi connectivity index (χ2n) is 4.93. The number of carbonyl (C=O) groups is 1. The molecule has 2 heterocycles. The first-order valence-electron chi connectivity index (χ1n) is 7.09. The average molecular weight is 344 g/mol. The van der Waals surface area contributed by atoms with Gasteiger partial charge in [0.1, 0.15) is 5.01 Å². The highest BCUT2D eigenvalue weighted by molar-refractivity contribution is 7.98. The molecule has 0 radical (unpaired) electrons.